The number of rotatable bonds is 5. The second kappa shape index (κ2) is 7.92. The largest absolute Gasteiger partial charge is 0.550 e. The highest BCUT2D eigenvalue weighted by Crippen LogP contribution is 2.27. The molecule has 134 valence electrons. The number of carbonyl (C=O) groups excluding carboxylic acids is 3. The van der Waals surface area contributed by atoms with E-state index in [1.165, 1.54) is 17.4 Å². The van der Waals surface area contributed by atoms with E-state index in [4.69, 9.17) is 0 Å². The van der Waals surface area contributed by atoms with Gasteiger partial charge in [0.25, 0.3) is 5.91 Å². The lowest BCUT2D eigenvalue weighted by atomic mass is 9.82. The molecule has 0 bridgehead atoms. The van der Waals surface area contributed by atoms with Gasteiger partial charge in [-0.3, -0.25) is 14.9 Å². The van der Waals surface area contributed by atoms with Crippen molar-refractivity contribution in [3.8, 4) is 0 Å². The van der Waals surface area contributed by atoms with Crippen LogP contribution in [0.2, 0.25) is 0 Å². The molecule has 7 nitrogen and oxygen atoms in total. The summed E-state index contributed by atoms with van der Waals surface area (Å²) in [6.45, 7) is 0. The minimum absolute atomic E-state index is 0.274. The van der Waals surface area contributed by atoms with E-state index in [-0.39, 0.29) is 12.3 Å². The molecule has 0 saturated carbocycles. The average Bonchev–Trinajstić information content (AvgIpc) is 3.15. The van der Waals surface area contributed by atoms with Crippen molar-refractivity contribution in [1.29, 1.82) is 0 Å². The minimum atomic E-state index is -1.23. The molecule has 2 aromatic rings. The lowest BCUT2D eigenvalue weighted by Crippen LogP contribution is -2.41. The van der Waals surface area contributed by atoms with Crippen molar-refractivity contribution < 1.29 is 19.5 Å². The molecule has 0 saturated heterocycles. The first-order chi connectivity index (χ1) is 12.5. The number of nitrogens with zero attached hydrogens (tertiary/aromatic N) is 1. The Labute approximate surface area is 153 Å². The zero-order valence-electron chi connectivity index (χ0n) is 13.7. The zero-order valence-corrected chi connectivity index (χ0v) is 14.5. The van der Waals surface area contributed by atoms with Crippen LogP contribution in [0.3, 0.4) is 0 Å². The Morgan fingerprint density at radius 2 is 1.88 bits per heavy atom. The highest BCUT2D eigenvalue weighted by Gasteiger charge is 2.29. The fraction of sp³-hybridized carbons (Fsp3) is 0.222. The van der Waals surface area contributed by atoms with Crippen molar-refractivity contribution in [2.75, 3.05) is 10.6 Å². The average molecular weight is 370 g/mol. The van der Waals surface area contributed by atoms with Gasteiger partial charge in [0, 0.05) is 34.7 Å². The molecule has 0 radical (unpaired) electrons. The molecule has 26 heavy (non-hydrogen) atoms. The van der Waals surface area contributed by atoms with Gasteiger partial charge in [-0.25, -0.2) is 4.98 Å². The van der Waals surface area contributed by atoms with E-state index >= 15 is 0 Å². The quantitative estimate of drug-likeness (QED) is 0.778. The van der Waals surface area contributed by atoms with Crippen molar-refractivity contribution in [2.45, 2.75) is 12.8 Å². The van der Waals surface area contributed by atoms with Crippen molar-refractivity contribution >= 4 is 39.9 Å². The van der Waals surface area contributed by atoms with Crippen LogP contribution in [-0.2, 0) is 9.59 Å². The number of thiazole rings is 1. The molecule has 1 heterocycles. The van der Waals surface area contributed by atoms with Crippen LogP contribution in [-0.4, -0.2) is 22.8 Å². The predicted octanol–water partition coefficient (Wildman–Crippen LogP) is 1.67. The van der Waals surface area contributed by atoms with E-state index < -0.39 is 23.7 Å². The smallest absolute Gasteiger partial charge is 0.257 e. The minimum Gasteiger partial charge on any atom is -0.550 e. The van der Waals surface area contributed by atoms with Crippen molar-refractivity contribution in [1.82, 2.24) is 4.98 Å². The van der Waals surface area contributed by atoms with Gasteiger partial charge in [0.2, 0.25) is 5.91 Å². The van der Waals surface area contributed by atoms with E-state index in [1.807, 2.05) is 0 Å². The van der Waals surface area contributed by atoms with Crippen LogP contribution >= 0.6 is 11.3 Å². The number of carboxylic acid groups (broad SMARTS) is 1. The molecule has 2 amide bonds. The van der Waals surface area contributed by atoms with Gasteiger partial charge in [0.15, 0.2) is 5.13 Å². The number of hydrogen-bond donors (Lipinski definition) is 2. The summed E-state index contributed by atoms with van der Waals surface area (Å²) in [6.07, 6.45) is 5.74. The molecule has 2 N–H and O–H groups in total. The van der Waals surface area contributed by atoms with Gasteiger partial charge >= 0.3 is 0 Å². The molecule has 0 fully saturated rings. The monoisotopic (exact) mass is 370 g/mol. The molecule has 1 aliphatic rings. The van der Waals surface area contributed by atoms with Crippen molar-refractivity contribution in [2.24, 2.45) is 11.8 Å². The molecular weight excluding hydrogens is 354 g/mol. The molecule has 3 rings (SSSR count). The third kappa shape index (κ3) is 4.15. The molecule has 0 spiro atoms. The van der Waals surface area contributed by atoms with Gasteiger partial charge < -0.3 is 15.2 Å². The summed E-state index contributed by atoms with van der Waals surface area (Å²) in [7, 11) is 0. The Balaban J connectivity index is 1.70. The highest BCUT2D eigenvalue weighted by molar-refractivity contribution is 7.13. The summed E-state index contributed by atoms with van der Waals surface area (Å²) in [5, 5.41) is 18.8. The number of carbonyl (C=O) groups is 3. The maximum absolute atomic E-state index is 12.5. The zero-order chi connectivity index (χ0) is 18.5. The maximum atomic E-state index is 12.5. The first-order valence-corrected chi connectivity index (χ1v) is 8.90. The van der Waals surface area contributed by atoms with E-state index in [0.29, 0.717) is 22.8 Å². The van der Waals surface area contributed by atoms with Crippen LogP contribution in [0.5, 0.6) is 0 Å². The predicted molar refractivity (Wildman–Crippen MR) is 95.5 cm³/mol. The third-order valence-electron chi connectivity index (χ3n) is 4.12. The lowest BCUT2D eigenvalue weighted by molar-refractivity contribution is -0.313. The van der Waals surface area contributed by atoms with E-state index in [9.17, 15) is 19.5 Å². The molecule has 0 unspecified atom stereocenters. The number of benzene rings is 1. The van der Waals surface area contributed by atoms with Crippen LogP contribution < -0.4 is 15.7 Å². The number of aliphatic carboxylic acids is 1. The van der Waals surface area contributed by atoms with Gasteiger partial charge in [-0.1, -0.05) is 18.2 Å². The van der Waals surface area contributed by atoms with E-state index in [0.717, 1.165) is 0 Å². The Morgan fingerprint density at radius 3 is 2.58 bits per heavy atom. The number of aromatic nitrogens is 1. The Bertz CT molecular complexity index is 848. The molecule has 8 heteroatoms. The van der Waals surface area contributed by atoms with Gasteiger partial charge in [0.1, 0.15) is 0 Å². The van der Waals surface area contributed by atoms with Gasteiger partial charge in [0.05, 0.1) is 5.92 Å². The number of hydrogen-bond acceptors (Lipinski definition) is 6. The third-order valence-corrected chi connectivity index (χ3v) is 4.81. The summed E-state index contributed by atoms with van der Waals surface area (Å²) in [5.41, 5.74) is 0.784. The summed E-state index contributed by atoms with van der Waals surface area (Å²) in [5.74, 6) is -3.52. The first-order valence-electron chi connectivity index (χ1n) is 8.02. The lowest BCUT2D eigenvalue weighted by Gasteiger charge is -2.28. The molecule has 1 aromatic heterocycles. The second-order valence-corrected chi connectivity index (χ2v) is 6.73. The molecule has 1 aliphatic carbocycles. The van der Waals surface area contributed by atoms with Gasteiger partial charge in [-0.2, -0.15) is 0 Å². The summed E-state index contributed by atoms with van der Waals surface area (Å²) < 4.78 is 0. The maximum Gasteiger partial charge on any atom is 0.257 e. The summed E-state index contributed by atoms with van der Waals surface area (Å²) in [6, 6.07) is 6.44. The molecule has 2 atom stereocenters. The van der Waals surface area contributed by atoms with E-state index in [2.05, 4.69) is 15.6 Å². The molecular formula is C18H16N3O4S-. The summed E-state index contributed by atoms with van der Waals surface area (Å²) >= 11 is 1.30. The number of allylic oxidation sites excluding steroid dienone is 2. The molecule has 0 aliphatic heterocycles. The Hall–Kier alpha value is -3.00. The fourth-order valence-corrected chi connectivity index (χ4v) is 3.32. The number of nitrogens with one attached hydrogen (secondary N) is 2. The van der Waals surface area contributed by atoms with Crippen LogP contribution in [0.25, 0.3) is 0 Å². The van der Waals surface area contributed by atoms with Crippen LogP contribution in [0.1, 0.15) is 23.2 Å². The Morgan fingerprint density at radius 1 is 1.12 bits per heavy atom. The molecule has 1 aromatic carbocycles. The summed E-state index contributed by atoms with van der Waals surface area (Å²) in [4.78, 5) is 39.9. The highest BCUT2D eigenvalue weighted by atomic mass is 32.1. The topological polar surface area (TPSA) is 111 Å². The van der Waals surface area contributed by atoms with E-state index in [1.54, 1.807) is 41.9 Å². The number of amides is 2. The first kappa shape index (κ1) is 17.8. The normalized spacial score (nSPS) is 18.9. The number of carboxylic acids is 1. The van der Waals surface area contributed by atoms with Gasteiger partial charge in [-0.15, -0.1) is 11.3 Å². The van der Waals surface area contributed by atoms with Crippen molar-refractivity contribution in [3.63, 3.8) is 0 Å². The van der Waals surface area contributed by atoms with Crippen LogP contribution in [0.4, 0.5) is 10.8 Å². The van der Waals surface area contributed by atoms with Gasteiger partial charge in [-0.05, 0) is 31.0 Å². The van der Waals surface area contributed by atoms with Crippen LogP contribution in [0, 0.1) is 11.8 Å². The Kier molecular flexibility index (Phi) is 5.43. The van der Waals surface area contributed by atoms with Crippen LogP contribution in [0.15, 0.2) is 48.0 Å². The SMILES string of the molecule is O=C(Nc1nccs1)c1cccc(NC(=O)[C@@H]2CC=CC[C@@H]2C(=O)[O-])c1. The number of anilines is 2. The second-order valence-electron chi connectivity index (χ2n) is 5.84. The van der Waals surface area contributed by atoms with Crippen molar-refractivity contribution in [3.05, 3.63) is 53.6 Å². The fourth-order valence-electron chi connectivity index (χ4n) is 2.79. The standard InChI is InChI=1S/C18H17N3O4S/c22-15(21-18-19-8-9-26-18)11-4-3-5-12(10-11)20-16(23)13-6-1-2-7-14(13)17(24)25/h1-5,8-10,13-14H,6-7H2,(H,20,23)(H,24,25)(H,19,21,22)/p-1/t13-,14+/m1/s1.